The SMILES string of the molecule is CC(C)(C)OC(=O)[C@@H](Cc1c2ccccc2cc2ccccc12)NC(=O)c1ccccc1. The van der Waals surface area contributed by atoms with Gasteiger partial charge in [-0.2, -0.15) is 0 Å². The predicted octanol–water partition coefficient (Wildman–Crippen LogP) is 5.68. The van der Waals surface area contributed by atoms with E-state index in [1.807, 2.05) is 51.1 Å². The molecule has 0 fully saturated rings. The maximum atomic E-state index is 13.2. The van der Waals surface area contributed by atoms with E-state index in [1.165, 1.54) is 0 Å². The zero-order valence-electron chi connectivity index (χ0n) is 18.6. The molecule has 0 aliphatic carbocycles. The van der Waals surface area contributed by atoms with Gasteiger partial charge in [0.2, 0.25) is 0 Å². The smallest absolute Gasteiger partial charge is 0.329 e. The summed E-state index contributed by atoms with van der Waals surface area (Å²) in [6, 6.07) is 26.5. The minimum Gasteiger partial charge on any atom is -0.458 e. The molecule has 162 valence electrons. The van der Waals surface area contributed by atoms with Crippen LogP contribution < -0.4 is 5.32 Å². The van der Waals surface area contributed by atoms with E-state index in [0.717, 1.165) is 27.1 Å². The number of nitrogens with one attached hydrogen (secondary N) is 1. The van der Waals surface area contributed by atoms with Crippen LogP contribution in [0.1, 0.15) is 36.7 Å². The van der Waals surface area contributed by atoms with Gasteiger partial charge in [0.25, 0.3) is 5.91 Å². The molecule has 0 aromatic heterocycles. The number of benzene rings is 4. The van der Waals surface area contributed by atoms with E-state index in [9.17, 15) is 9.59 Å². The molecule has 0 heterocycles. The number of rotatable bonds is 5. The van der Waals surface area contributed by atoms with Crippen LogP contribution in [0.3, 0.4) is 0 Å². The van der Waals surface area contributed by atoms with Gasteiger partial charge in [0.1, 0.15) is 11.6 Å². The minimum absolute atomic E-state index is 0.300. The second-order valence-electron chi connectivity index (χ2n) is 8.93. The first-order chi connectivity index (χ1) is 15.3. The van der Waals surface area contributed by atoms with Gasteiger partial charge in [0.05, 0.1) is 0 Å². The Bertz CT molecular complexity index is 1220. The average molecular weight is 426 g/mol. The van der Waals surface area contributed by atoms with Gasteiger partial charge in [-0.3, -0.25) is 4.79 Å². The van der Waals surface area contributed by atoms with Crippen LogP contribution in [-0.2, 0) is 16.0 Å². The van der Waals surface area contributed by atoms with Crippen molar-refractivity contribution >= 4 is 33.4 Å². The summed E-state index contributed by atoms with van der Waals surface area (Å²) >= 11 is 0. The van der Waals surface area contributed by atoms with Crippen molar-refractivity contribution in [2.24, 2.45) is 0 Å². The van der Waals surface area contributed by atoms with E-state index in [-0.39, 0.29) is 5.91 Å². The van der Waals surface area contributed by atoms with Crippen molar-refractivity contribution in [1.29, 1.82) is 0 Å². The minimum atomic E-state index is -0.823. The molecule has 0 aliphatic heterocycles. The lowest BCUT2D eigenvalue weighted by Crippen LogP contribution is -2.45. The molecule has 0 aliphatic rings. The van der Waals surface area contributed by atoms with E-state index >= 15 is 0 Å². The van der Waals surface area contributed by atoms with Crippen LogP contribution >= 0.6 is 0 Å². The second kappa shape index (κ2) is 8.83. The van der Waals surface area contributed by atoms with E-state index < -0.39 is 17.6 Å². The van der Waals surface area contributed by atoms with Gasteiger partial charge in [0, 0.05) is 12.0 Å². The Morgan fingerprint density at radius 2 is 1.34 bits per heavy atom. The molecule has 0 saturated heterocycles. The fourth-order valence-corrected chi connectivity index (χ4v) is 3.93. The lowest BCUT2D eigenvalue weighted by molar-refractivity contribution is -0.157. The third-order valence-electron chi connectivity index (χ3n) is 5.32. The van der Waals surface area contributed by atoms with Crippen molar-refractivity contribution in [3.63, 3.8) is 0 Å². The van der Waals surface area contributed by atoms with Crippen molar-refractivity contribution in [2.75, 3.05) is 0 Å². The zero-order valence-corrected chi connectivity index (χ0v) is 18.6. The molecular weight excluding hydrogens is 398 g/mol. The number of ether oxygens (including phenoxy) is 1. The number of fused-ring (bicyclic) bond motifs is 2. The Morgan fingerprint density at radius 1 is 0.812 bits per heavy atom. The van der Waals surface area contributed by atoms with Crippen LogP contribution in [0.5, 0.6) is 0 Å². The molecule has 4 aromatic carbocycles. The molecule has 1 N–H and O–H groups in total. The van der Waals surface area contributed by atoms with E-state index in [0.29, 0.717) is 12.0 Å². The third kappa shape index (κ3) is 4.80. The molecule has 0 bridgehead atoms. The van der Waals surface area contributed by atoms with E-state index in [1.54, 1.807) is 24.3 Å². The van der Waals surface area contributed by atoms with E-state index in [2.05, 4.69) is 35.6 Å². The molecule has 4 nitrogen and oxygen atoms in total. The highest BCUT2D eigenvalue weighted by atomic mass is 16.6. The Kier molecular flexibility index (Phi) is 5.95. The molecular formula is C28H27NO3. The lowest BCUT2D eigenvalue weighted by Gasteiger charge is -2.25. The Balaban J connectivity index is 1.77. The molecule has 1 atom stereocenters. The van der Waals surface area contributed by atoms with Crippen molar-refractivity contribution < 1.29 is 14.3 Å². The summed E-state index contributed by atoms with van der Waals surface area (Å²) in [7, 11) is 0. The fraction of sp³-hybridized carbons (Fsp3) is 0.214. The van der Waals surface area contributed by atoms with Gasteiger partial charge < -0.3 is 10.1 Å². The molecule has 1 amide bonds. The lowest BCUT2D eigenvalue weighted by atomic mass is 9.92. The van der Waals surface area contributed by atoms with Gasteiger partial charge in [-0.15, -0.1) is 0 Å². The summed E-state index contributed by atoms with van der Waals surface area (Å²) in [5.41, 5.74) is 0.861. The van der Waals surface area contributed by atoms with Crippen molar-refractivity contribution in [2.45, 2.75) is 38.8 Å². The fourth-order valence-electron chi connectivity index (χ4n) is 3.93. The monoisotopic (exact) mass is 425 g/mol. The van der Waals surface area contributed by atoms with Gasteiger partial charge >= 0.3 is 5.97 Å². The largest absolute Gasteiger partial charge is 0.458 e. The van der Waals surface area contributed by atoms with Crippen LogP contribution in [0.4, 0.5) is 0 Å². The molecule has 0 radical (unpaired) electrons. The van der Waals surface area contributed by atoms with Crippen molar-refractivity contribution in [3.8, 4) is 0 Å². The highest BCUT2D eigenvalue weighted by Gasteiger charge is 2.28. The number of carbonyl (C=O) groups excluding carboxylic acids is 2. The number of carbonyl (C=O) groups is 2. The van der Waals surface area contributed by atoms with Crippen LogP contribution in [0.2, 0.25) is 0 Å². The predicted molar refractivity (Wildman–Crippen MR) is 129 cm³/mol. The normalized spacial score (nSPS) is 12.5. The first-order valence-electron chi connectivity index (χ1n) is 10.8. The topological polar surface area (TPSA) is 55.4 Å². The number of hydrogen-bond acceptors (Lipinski definition) is 3. The molecule has 0 unspecified atom stereocenters. The molecule has 0 spiro atoms. The Labute approximate surface area is 188 Å². The summed E-state index contributed by atoms with van der Waals surface area (Å²) in [4.78, 5) is 26.1. The first-order valence-corrected chi connectivity index (χ1v) is 10.8. The highest BCUT2D eigenvalue weighted by molar-refractivity contribution is 6.03. The van der Waals surface area contributed by atoms with Gasteiger partial charge in [0.15, 0.2) is 0 Å². The van der Waals surface area contributed by atoms with Crippen molar-refractivity contribution in [1.82, 2.24) is 5.32 Å². The van der Waals surface area contributed by atoms with Crippen molar-refractivity contribution in [3.05, 3.63) is 96.1 Å². The maximum Gasteiger partial charge on any atom is 0.329 e. The Morgan fingerprint density at radius 3 is 1.91 bits per heavy atom. The molecule has 0 saturated carbocycles. The Hall–Kier alpha value is -3.66. The molecule has 4 aromatic rings. The molecule has 4 heteroatoms. The third-order valence-corrected chi connectivity index (χ3v) is 5.32. The summed E-state index contributed by atoms with van der Waals surface area (Å²) in [5, 5.41) is 7.24. The quantitative estimate of drug-likeness (QED) is 0.331. The number of esters is 1. The number of hydrogen-bond donors (Lipinski definition) is 1. The zero-order chi connectivity index (χ0) is 22.7. The molecule has 4 rings (SSSR count). The van der Waals surface area contributed by atoms with Gasteiger partial charge in [-0.25, -0.2) is 4.79 Å². The van der Waals surface area contributed by atoms with Gasteiger partial charge in [-0.1, -0.05) is 66.7 Å². The summed E-state index contributed by atoms with van der Waals surface area (Å²) in [6.45, 7) is 5.48. The van der Waals surface area contributed by atoms with Crippen LogP contribution in [0.15, 0.2) is 84.9 Å². The van der Waals surface area contributed by atoms with E-state index in [4.69, 9.17) is 4.74 Å². The second-order valence-corrected chi connectivity index (χ2v) is 8.93. The van der Waals surface area contributed by atoms with Gasteiger partial charge in [-0.05, 0) is 66.1 Å². The summed E-state index contributed by atoms with van der Waals surface area (Å²) < 4.78 is 5.68. The summed E-state index contributed by atoms with van der Waals surface area (Å²) in [5.74, 6) is -0.746. The average Bonchev–Trinajstić information content (AvgIpc) is 2.77. The maximum absolute atomic E-state index is 13.2. The van der Waals surface area contributed by atoms with Crippen LogP contribution in [-0.4, -0.2) is 23.5 Å². The van der Waals surface area contributed by atoms with Crippen LogP contribution in [0.25, 0.3) is 21.5 Å². The van der Waals surface area contributed by atoms with Crippen LogP contribution in [0, 0.1) is 0 Å². The highest BCUT2D eigenvalue weighted by Crippen LogP contribution is 2.30. The number of amides is 1. The summed E-state index contributed by atoms with van der Waals surface area (Å²) in [6.07, 6.45) is 0.329. The first kappa shape index (κ1) is 21.6. The standard InChI is InChI=1S/C28H27NO3/c1-28(2,3)32-27(31)25(29-26(30)19-11-5-4-6-12-19)18-24-22-15-9-7-13-20(22)17-21-14-8-10-16-23(21)24/h4-17,25H,18H2,1-3H3,(H,29,30)/t25-/m1/s1. The molecule has 32 heavy (non-hydrogen) atoms.